The molecule has 3 aliphatic rings. The van der Waals surface area contributed by atoms with Crippen molar-refractivity contribution in [2.45, 2.75) is 16.3 Å². The molecule has 0 N–H and O–H groups in total. The van der Waals surface area contributed by atoms with Crippen LogP contribution < -0.4 is 0 Å². The van der Waals surface area contributed by atoms with E-state index in [0.29, 0.717) is 17.9 Å². The van der Waals surface area contributed by atoms with E-state index < -0.39 is 21.5 Å². The summed E-state index contributed by atoms with van der Waals surface area (Å²) in [7, 11) is -3.97. The summed E-state index contributed by atoms with van der Waals surface area (Å²) in [6.45, 7) is 0.542. The van der Waals surface area contributed by atoms with Gasteiger partial charge in [0.15, 0.2) is 11.6 Å². The number of sulfone groups is 1. The summed E-state index contributed by atoms with van der Waals surface area (Å²) >= 11 is 3.48. The number of amidine groups is 2. The maximum absolute atomic E-state index is 13.3. The number of carbonyl (C=O) groups is 2. The zero-order chi connectivity index (χ0) is 25.0. The molecule has 9 heteroatoms. The number of carbonyl (C=O) groups excluding carboxylic acids is 2. The quantitative estimate of drug-likeness (QED) is 0.339. The Bertz CT molecular complexity index is 1740. The van der Waals surface area contributed by atoms with Gasteiger partial charge in [0, 0.05) is 39.5 Å². The zero-order valence-corrected chi connectivity index (χ0v) is 21.0. The number of ketones is 1. The number of halogens is 1. The van der Waals surface area contributed by atoms with E-state index >= 15 is 0 Å². The highest BCUT2D eigenvalue weighted by atomic mass is 79.9. The van der Waals surface area contributed by atoms with Crippen LogP contribution in [0.5, 0.6) is 0 Å². The molecule has 0 aliphatic carbocycles. The smallest absolute Gasteiger partial charge is 0.279 e. The van der Waals surface area contributed by atoms with Crippen LogP contribution in [0.25, 0.3) is 0 Å². The lowest BCUT2D eigenvalue weighted by atomic mass is 10.0. The van der Waals surface area contributed by atoms with Crippen LogP contribution >= 0.6 is 15.9 Å². The topological polar surface area (TPSA) is 96.2 Å². The van der Waals surface area contributed by atoms with Gasteiger partial charge in [-0.1, -0.05) is 36.4 Å². The van der Waals surface area contributed by atoms with Gasteiger partial charge in [-0.15, -0.1) is 0 Å². The maximum atomic E-state index is 13.3. The Kier molecular flexibility index (Phi) is 5.20. The third-order valence-corrected chi connectivity index (χ3v) is 8.50. The number of amides is 1. The summed E-state index contributed by atoms with van der Waals surface area (Å²) in [5.74, 6) is -0.200. The molecule has 0 unspecified atom stereocenters. The van der Waals surface area contributed by atoms with E-state index in [2.05, 4.69) is 25.9 Å². The molecule has 3 aromatic rings. The van der Waals surface area contributed by atoms with E-state index in [9.17, 15) is 18.0 Å². The molecule has 0 fully saturated rings. The Morgan fingerprint density at radius 3 is 2.47 bits per heavy atom. The third-order valence-electron chi connectivity index (χ3n) is 6.18. The first-order chi connectivity index (χ1) is 17.3. The molecule has 1 amide bonds. The fourth-order valence-corrected chi connectivity index (χ4v) is 6.48. The van der Waals surface area contributed by atoms with Gasteiger partial charge in [0.25, 0.3) is 5.91 Å². The van der Waals surface area contributed by atoms with Crippen LogP contribution in [-0.2, 0) is 16.4 Å². The van der Waals surface area contributed by atoms with Crippen molar-refractivity contribution in [1.82, 2.24) is 4.90 Å². The SMILES string of the molecule is O=C(N=C1N=C2C=CC(Br)=CN2Cc2ccccc21)c1ccc2c(c1)S(=O)(=O)c1ccccc1C2=O. The maximum Gasteiger partial charge on any atom is 0.279 e. The molecule has 6 rings (SSSR count). The van der Waals surface area contributed by atoms with Crippen LogP contribution in [0.15, 0.2) is 109 Å². The van der Waals surface area contributed by atoms with Crippen molar-refractivity contribution >= 4 is 49.1 Å². The van der Waals surface area contributed by atoms with Gasteiger partial charge in [-0.05, 0) is 64.0 Å². The third kappa shape index (κ3) is 3.59. The van der Waals surface area contributed by atoms with Crippen molar-refractivity contribution in [2.75, 3.05) is 0 Å². The molecule has 0 atom stereocenters. The molecule has 0 radical (unpaired) electrons. The van der Waals surface area contributed by atoms with Gasteiger partial charge >= 0.3 is 0 Å². The van der Waals surface area contributed by atoms with Crippen molar-refractivity contribution in [3.8, 4) is 0 Å². The Hall–Kier alpha value is -3.95. The average molecular weight is 558 g/mol. The summed E-state index contributed by atoms with van der Waals surface area (Å²) in [5.41, 5.74) is 1.86. The van der Waals surface area contributed by atoms with Gasteiger partial charge in [0.1, 0.15) is 5.84 Å². The predicted molar refractivity (Wildman–Crippen MR) is 138 cm³/mol. The second-order valence-electron chi connectivity index (χ2n) is 8.38. The highest BCUT2D eigenvalue weighted by Crippen LogP contribution is 2.35. The van der Waals surface area contributed by atoms with Crippen molar-refractivity contribution in [3.05, 3.63) is 117 Å². The second-order valence-corrected chi connectivity index (χ2v) is 11.2. The van der Waals surface area contributed by atoms with Crippen LogP contribution in [0.4, 0.5) is 0 Å². The Labute approximate surface area is 215 Å². The van der Waals surface area contributed by atoms with E-state index in [1.54, 1.807) is 12.1 Å². The van der Waals surface area contributed by atoms with Crippen LogP contribution in [0.2, 0.25) is 0 Å². The monoisotopic (exact) mass is 557 g/mol. The first kappa shape index (κ1) is 22.5. The highest BCUT2D eigenvalue weighted by molar-refractivity contribution is 9.11. The van der Waals surface area contributed by atoms with E-state index in [0.717, 1.165) is 10.0 Å². The van der Waals surface area contributed by atoms with E-state index in [-0.39, 0.29) is 32.3 Å². The fourth-order valence-electron chi connectivity index (χ4n) is 4.43. The first-order valence-electron chi connectivity index (χ1n) is 11.0. The number of fused-ring (bicyclic) bond motifs is 4. The number of nitrogens with zero attached hydrogens (tertiary/aromatic N) is 3. The molecule has 7 nitrogen and oxygen atoms in total. The fraction of sp³-hybridized carbons (Fsp3) is 0.0370. The molecule has 3 aromatic carbocycles. The first-order valence-corrected chi connectivity index (χ1v) is 13.3. The van der Waals surface area contributed by atoms with Gasteiger partial charge in [-0.25, -0.2) is 13.4 Å². The number of hydrogen-bond donors (Lipinski definition) is 0. The number of hydrogen-bond acceptors (Lipinski definition) is 5. The van der Waals surface area contributed by atoms with Crippen LogP contribution in [-0.4, -0.2) is 36.7 Å². The minimum Gasteiger partial charge on any atom is -0.327 e. The van der Waals surface area contributed by atoms with Crippen molar-refractivity contribution in [1.29, 1.82) is 0 Å². The van der Waals surface area contributed by atoms with Gasteiger partial charge in [-0.3, -0.25) is 9.59 Å². The molecule has 0 aromatic heterocycles. The summed E-state index contributed by atoms with van der Waals surface area (Å²) in [6, 6.07) is 17.6. The van der Waals surface area contributed by atoms with Crippen molar-refractivity contribution < 1.29 is 18.0 Å². The van der Waals surface area contributed by atoms with Crippen molar-refractivity contribution in [3.63, 3.8) is 0 Å². The molecule has 0 saturated heterocycles. The molecule has 0 spiro atoms. The summed E-state index contributed by atoms with van der Waals surface area (Å²) in [4.78, 5) is 36.8. The summed E-state index contributed by atoms with van der Waals surface area (Å²) < 4.78 is 27.4. The minimum absolute atomic E-state index is 0.0401. The van der Waals surface area contributed by atoms with Crippen LogP contribution in [0.3, 0.4) is 0 Å². The minimum atomic E-state index is -3.97. The lowest BCUT2D eigenvalue weighted by Gasteiger charge is -2.21. The predicted octanol–water partition coefficient (Wildman–Crippen LogP) is 4.67. The zero-order valence-electron chi connectivity index (χ0n) is 18.6. The highest BCUT2D eigenvalue weighted by Gasteiger charge is 2.35. The van der Waals surface area contributed by atoms with Gasteiger partial charge in [0.2, 0.25) is 9.84 Å². The van der Waals surface area contributed by atoms with E-state index in [1.165, 1.54) is 30.3 Å². The van der Waals surface area contributed by atoms with E-state index in [4.69, 9.17) is 0 Å². The Morgan fingerprint density at radius 2 is 1.64 bits per heavy atom. The molecule has 3 aliphatic heterocycles. The van der Waals surface area contributed by atoms with E-state index in [1.807, 2.05) is 47.5 Å². The molecule has 0 saturated carbocycles. The van der Waals surface area contributed by atoms with Gasteiger partial charge in [0.05, 0.1) is 9.79 Å². The van der Waals surface area contributed by atoms with Gasteiger partial charge in [-0.2, -0.15) is 4.99 Å². The number of benzene rings is 3. The normalized spacial score (nSPS) is 18.3. The Balaban J connectivity index is 1.45. The molecular formula is C27H16BrN3O4S. The number of rotatable bonds is 1. The largest absolute Gasteiger partial charge is 0.327 e. The number of allylic oxidation sites excluding steroid dienone is 2. The van der Waals surface area contributed by atoms with Crippen LogP contribution in [0.1, 0.15) is 37.4 Å². The molecule has 3 heterocycles. The summed E-state index contributed by atoms with van der Waals surface area (Å²) in [5, 5.41) is 0. The second kappa shape index (κ2) is 8.32. The summed E-state index contributed by atoms with van der Waals surface area (Å²) in [6.07, 6.45) is 5.59. The van der Waals surface area contributed by atoms with Crippen molar-refractivity contribution in [2.24, 2.45) is 9.98 Å². The standard InChI is InChI=1S/C27H16BrN3O4S/c28-18-10-12-24-29-26(19-6-2-1-5-17(19)14-31(24)15-18)30-27(33)16-9-11-21-23(13-16)36(34,35)22-8-4-3-7-20(22)25(21)32/h1-13,15H,14H2. The molecular weight excluding hydrogens is 542 g/mol. The molecule has 0 bridgehead atoms. The number of aliphatic imine (C=N–C) groups is 2. The Morgan fingerprint density at radius 1 is 0.917 bits per heavy atom. The lowest BCUT2D eigenvalue weighted by molar-refractivity contribution is 0.0997. The van der Waals surface area contributed by atoms with Gasteiger partial charge < -0.3 is 4.90 Å². The molecule has 176 valence electrons. The average Bonchev–Trinajstić information content (AvgIpc) is 3.03. The molecule has 36 heavy (non-hydrogen) atoms. The lowest BCUT2D eigenvalue weighted by Crippen LogP contribution is -2.25. The van der Waals surface area contributed by atoms with Crippen LogP contribution in [0, 0.1) is 0 Å².